The lowest BCUT2D eigenvalue weighted by atomic mass is 10.1. The zero-order chi connectivity index (χ0) is 24.5. The van der Waals surface area contributed by atoms with Crippen LogP contribution in [0.2, 0.25) is 0 Å². The van der Waals surface area contributed by atoms with Crippen LogP contribution in [0.15, 0.2) is 60.9 Å². The Morgan fingerprint density at radius 1 is 0.943 bits per heavy atom. The van der Waals surface area contributed by atoms with Crippen molar-refractivity contribution in [2.24, 2.45) is 0 Å². The van der Waals surface area contributed by atoms with E-state index < -0.39 is 34.9 Å². The molecule has 3 amide bonds. The van der Waals surface area contributed by atoms with E-state index in [1.54, 1.807) is 4.90 Å². The number of rotatable bonds is 5. The Kier molecular flexibility index (Phi) is 5.65. The fourth-order valence-corrected chi connectivity index (χ4v) is 4.32. The van der Waals surface area contributed by atoms with E-state index in [2.05, 4.69) is 9.97 Å². The molecule has 0 N–H and O–H groups in total. The van der Waals surface area contributed by atoms with E-state index in [1.807, 2.05) is 41.3 Å². The minimum atomic E-state index is -0.821. The van der Waals surface area contributed by atoms with Gasteiger partial charge >= 0.3 is 0 Å². The molecule has 2 aliphatic rings. The van der Waals surface area contributed by atoms with Gasteiger partial charge in [-0.05, 0) is 6.07 Å². The van der Waals surface area contributed by atoms with Gasteiger partial charge in [0, 0.05) is 43.9 Å². The third-order valence-corrected chi connectivity index (χ3v) is 6.15. The highest BCUT2D eigenvalue weighted by molar-refractivity contribution is 6.24. The molecule has 0 aliphatic carbocycles. The average molecular weight is 472 g/mol. The lowest BCUT2D eigenvalue weighted by Crippen LogP contribution is -2.52. The molecular formula is C24H20N6O5. The van der Waals surface area contributed by atoms with Crippen LogP contribution in [-0.2, 0) is 4.79 Å². The van der Waals surface area contributed by atoms with Crippen molar-refractivity contribution in [3.8, 4) is 11.3 Å². The summed E-state index contributed by atoms with van der Waals surface area (Å²) in [4.78, 5) is 62.0. The number of piperazine rings is 1. The normalized spacial score (nSPS) is 15.4. The molecule has 0 spiro atoms. The second-order valence-corrected chi connectivity index (χ2v) is 8.15. The summed E-state index contributed by atoms with van der Waals surface area (Å²) in [5.41, 5.74) is 1.02. The van der Waals surface area contributed by atoms with Crippen molar-refractivity contribution in [1.29, 1.82) is 0 Å². The number of anilines is 1. The Bertz CT molecular complexity index is 1340. The lowest BCUT2D eigenvalue weighted by molar-refractivity contribution is -0.385. The SMILES string of the molecule is O=C(CN1C(=O)c2cccc([N+](=O)[O-])c2C1=O)N1CCN(c2cc(-c3ccccc3)ncn2)CC1. The predicted octanol–water partition coefficient (Wildman–Crippen LogP) is 2.00. The molecule has 11 nitrogen and oxygen atoms in total. The van der Waals surface area contributed by atoms with Crippen LogP contribution in [0.1, 0.15) is 20.7 Å². The number of imide groups is 1. The number of nitro benzene ring substituents is 1. The monoisotopic (exact) mass is 472 g/mol. The van der Waals surface area contributed by atoms with E-state index in [1.165, 1.54) is 24.5 Å². The zero-order valence-corrected chi connectivity index (χ0v) is 18.5. The minimum Gasteiger partial charge on any atom is -0.353 e. The molecule has 3 heterocycles. The van der Waals surface area contributed by atoms with Gasteiger partial charge in [-0.1, -0.05) is 36.4 Å². The molecule has 35 heavy (non-hydrogen) atoms. The molecule has 0 unspecified atom stereocenters. The van der Waals surface area contributed by atoms with E-state index in [4.69, 9.17) is 0 Å². The highest BCUT2D eigenvalue weighted by Gasteiger charge is 2.42. The van der Waals surface area contributed by atoms with Crippen molar-refractivity contribution in [3.63, 3.8) is 0 Å². The summed E-state index contributed by atoms with van der Waals surface area (Å²) >= 11 is 0. The Labute approximate surface area is 199 Å². The van der Waals surface area contributed by atoms with Crippen molar-refractivity contribution in [2.45, 2.75) is 0 Å². The van der Waals surface area contributed by atoms with Gasteiger partial charge in [-0.15, -0.1) is 0 Å². The number of benzene rings is 2. The van der Waals surface area contributed by atoms with Crippen LogP contribution in [0.3, 0.4) is 0 Å². The van der Waals surface area contributed by atoms with Crippen molar-refractivity contribution in [1.82, 2.24) is 19.8 Å². The van der Waals surface area contributed by atoms with Crippen LogP contribution < -0.4 is 4.90 Å². The highest BCUT2D eigenvalue weighted by Crippen LogP contribution is 2.30. The molecule has 0 radical (unpaired) electrons. The second kappa shape index (κ2) is 8.93. The van der Waals surface area contributed by atoms with Crippen molar-refractivity contribution < 1.29 is 19.3 Å². The van der Waals surface area contributed by atoms with E-state index in [9.17, 15) is 24.5 Å². The van der Waals surface area contributed by atoms with Crippen LogP contribution >= 0.6 is 0 Å². The summed E-state index contributed by atoms with van der Waals surface area (Å²) in [6.07, 6.45) is 1.51. The summed E-state index contributed by atoms with van der Waals surface area (Å²) in [5.74, 6) is -1.16. The molecule has 0 bridgehead atoms. The first-order chi connectivity index (χ1) is 16.9. The first-order valence-electron chi connectivity index (χ1n) is 11.0. The standard InChI is InChI=1S/C24H20N6O5/c31-21(14-29-23(32)17-7-4-8-19(30(34)35)22(17)24(29)33)28-11-9-27(10-12-28)20-13-18(25-15-26-20)16-5-2-1-3-6-16/h1-8,13,15H,9-12,14H2. The van der Waals surface area contributed by atoms with Gasteiger partial charge in [0.25, 0.3) is 17.5 Å². The Balaban J connectivity index is 1.24. The third-order valence-electron chi connectivity index (χ3n) is 6.15. The molecule has 2 aromatic carbocycles. The van der Waals surface area contributed by atoms with E-state index >= 15 is 0 Å². The lowest BCUT2D eigenvalue weighted by Gasteiger charge is -2.36. The van der Waals surface area contributed by atoms with Gasteiger partial charge in [-0.2, -0.15) is 0 Å². The van der Waals surface area contributed by atoms with Crippen molar-refractivity contribution in [2.75, 3.05) is 37.6 Å². The number of carbonyl (C=O) groups excluding carboxylic acids is 3. The van der Waals surface area contributed by atoms with E-state index in [0.717, 1.165) is 22.0 Å². The highest BCUT2D eigenvalue weighted by atomic mass is 16.6. The second-order valence-electron chi connectivity index (χ2n) is 8.15. The Hall–Kier alpha value is -4.67. The van der Waals surface area contributed by atoms with Gasteiger partial charge in [0.1, 0.15) is 24.3 Å². The van der Waals surface area contributed by atoms with Crippen LogP contribution in [0, 0.1) is 10.1 Å². The van der Waals surface area contributed by atoms with Crippen LogP contribution in [0.4, 0.5) is 11.5 Å². The first-order valence-corrected chi connectivity index (χ1v) is 11.0. The number of hydrogen-bond acceptors (Lipinski definition) is 8. The summed E-state index contributed by atoms with van der Waals surface area (Å²) in [7, 11) is 0. The van der Waals surface area contributed by atoms with Gasteiger partial charge in [-0.3, -0.25) is 29.4 Å². The number of amides is 3. The molecule has 1 saturated heterocycles. The number of hydrogen-bond donors (Lipinski definition) is 0. The third kappa shape index (κ3) is 4.07. The van der Waals surface area contributed by atoms with Gasteiger partial charge in [0.2, 0.25) is 5.91 Å². The summed E-state index contributed by atoms with van der Waals surface area (Å²) < 4.78 is 0. The number of fused-ring (bicyclic) bond motifs is 1. The molecule has 0 atom stereocenters. The van der Waals surface area contributed by atoms with Crippen LogP contribution in [0.25, 0.3) is 11.3 Å². The van der Waals surface area contributed by atoms with E-state index in [-0.39, 0.29) is 11.1 Å². The average Bonchev–Trinajstić information content (AvgIpc) is 3.14. The van der Waals surface area contributed by atoms with Gasteiger partial charge in [-0.25, -0.2) is 9.97 Å². The first kappa shape index (κ1) is 22.1. The largest absolute Gasteiger partial charge is 0.353 e. The summed E-state index contributed by atoms with van der Waals surface area (Å²) in [5, 5.41) is 11.3. The van der Waals surface area contributed by atoms with Gasteiger partial charge in [0.15, 0.2) is 0 Å². The van der Waals surface area contributed by atoms with Gasteiger partial charge in [0.05, 0.1) is 16.2 Å². The molecule has 176 valence electrons. The maximum Gasteiger partial charge on any atom is 0.282 e. The summed E-state index contributed by atoms with van der Waals surface area (Å²) in [6.45, 7) is 1.34. The molecule has 1 fully saturated rings. The maximum absolute atomic E-state index is 12.9. The molecule has 3 aromatic rings. The number of aromatic nitrogens is 2. The predicted molar refractivity (Wildman–Crippen MR) is 125 cm³/mol. The fourth-order valence-electron chi connectivity index (χ4n) is 4.32. The topological polar surface area (TPSA) is 130 Å². The summed E-state index contributed by atoms with van der Waals surface area (Å²) in [6, 6.07) is 15.5. The van der Waals surface area contributed by atoms with Crippen molar-refractivity contribution in [3.05, 3.63) is 82.2 Å². The van der Waals surface area contributed by atoms with Crippen LogP contribution in [-0.4, -0.2) is 75.1 Å². The zero-order valence-electron chi connectivity index (χ0n) is 18.5. The smallest absolute Gasteiger partial charge is 0.282 e. The maximum atomic E-state index is 12.9. The number of nitro groups is 1. The molecule has 2 aliphatic heterocycles. The minimum absolute atomic E-state index is 0.0557. The van der Waals surface area contributed by atoms with Crippen LogP contribution in [0.5, 0.6) is 0 Å². The number of carbonyl (C=O) groups is 3. The molecule has 1 aromatic heterocycles. The van der Waals surface area contributed by atoms with Crippen molar-refractivity contribution >= 4 is 29.2 Å². The molecule has 11 heteroatoms. The molecule has 5 rings (SSSR count). The Morgan fingerprint density at radius 2 is 1.69 bits per heavy atom. The van der Waals surface area contributed by atoms with E-state index in [0.29, 0.717) is 26.2 Å². The fraction of sp³-hybridized carbons (Fsp3) is 0.208. The quantitative estimate of drug-likeness (QED) is 0.313. The van der Waals surface area contributed by atoms with Gasteiger partial charge < -0.3 is 9.80 Å². The Morgan fingerprint density at radius 3 is 2.40 bits per heavy atom. The molecular weight excluding hydrogens is 452 g/mol. The molecule has 0 saturated carbocycles. The number of nitrogens with zero attached hydrogens (tertiary/aromatic N) is 6.